The van der Waals surface area contributed by atoms with Crippen molar-refractivity contribution in [2.24, 2.45) is 0 Å². The molecule has 2 aliphatic carbocycles. The maximum Gasteiger partial charge on any atom is 0.223 e. The molecule has 2 aliphatic rings. The van der Waals surface area contributed by atoms with Crippen molar-refractivity contribution in [1.29, 1.82) is 0 Å². The Bertz CT molecular complexity index is 637. The molecule has 1 aromatic carbocycles. The largest absolute Gasteiger partial charge is 0.368 e. The number of nitrogen functional groups attached to an aromatic ring is 1. The molecule has 108 valence electrons. The number of nitrogens with zero attached hydrogens (tertiary/aromatic N) is 3. The van der Waals surface area contributed by atoms with Gasteiger partial charge in [-0.1, -0.05) is 37.1 Å². The smallest absolute Gasteiger partial charge is 0.223 e. The number of benzene rings is 1. The van der Waals surface area contributed by atoms with Gasteiger partial charge in [0.15, 0.2) is 0 Å². The molecule has 0 atom stereocenters. The molecule has 21 heavy (non-hydrogen) atoms. The number of rotatable bonds is 2. The van der Waals surface area contributed by atoms with Gasteiger partial charge in [0.2, 0.25) is 5.95 Å². The third-order valence-electron chi connectivity index (χ3n) is 4.82. The van der Waals surface area contributed by atoms with Crippen molar-refractivity contribution < 1.29 is 0 Å². The van der Waals surface area contributed by atoms with Gasteiger partial charge >= 0.3 is 0 Å². The van der Waals surface area contributed by atoms with E-state index >= 15 is 0 Å². The van der Waals surface area contributed by atoms with Crippen molar-refractivity contribution in [1.82, 2.24) is 15.0 Å². The molecule has 0 bridgehead atoms. The highest BCUT2D eigenvalue weighted by atomic mass is 15.1. The Hall–Kier alpha value is -1.97. The Morgan fingerprint density at radius 2 is 1.38 bits per heavy atom. The number of anilines is 1. The summed E-state index contributed by atoms with van der Waals surface area (Å²) in [5.41, 5.74) is 8.78. The van der Waals surface area contributed by atoms with Crippen LogP contribution in [0.15, 0.2) is 24.3 Å². The van der Waals surface area contributed by atoms with Gasteiger partial charge in [-0.15, -0.1) is 0 Å². The normalized spacial score (nSPS) is 19.0. The summed E-state index contributed by atoms with van der Waals surface area (Å²) >= 11 is 0. The van der Waals surface area contributed by atoms with Gasteiger partial charge in [-0.05, 0) is 36.8 Å². The fraction of sp³-hybridized carbons (Fsp3) is 0.471. The Labute approximate surface area is 124 Å². The van der Waals surface area contributed by atoms with Gasteiger partial charge in [-0.25, -0.2) is 4.98 Å². The minimum absolute atomic E-state index is 0.354. The van der Waals surface area contributed by atoms with E-state index in [1.807, 2.05) is 0 Å². The van der Waals surface area contributed by atoms with Gasteiger partial charge in [0.05, 0.1) is 0 Å². The zero-order valence-electron chi connectivity index (χ0n) is 12.1. The Morgan fingerprint density at radius 3 is 2.00 bits per heavy atom. The molecular weight excluding hydrogens is 260 g/mol. The lowest BCUT2D eigenvalue weighted by molar-refractivity contribution is 0.618. The third-order valence-corrected chi connectivity index (χ3v) is 4.82. The summed E-state index contributed by atoms with van der Waals surface area (Å²) in [4.78, 5) is 13.6. The molecule has 0 radical (unpaired) electrons. The molecule has 0 aliphatic heterocycles. The molecule has 4 rings (SSSR count). The van der Waals surface area contributed by atoms with E-state index in [0.29, 0.717) is 17.8 Å². The van der Waals surface area contributed by atoms with Gasteiger partial charge in [-0.2, -0.15) is 9.97 Å². The van der Waals surface area contributed by atoms with Crippen molar-refractivity contribution in [3.05, 3.63) is 47.0 Å². The molecule has 4 nitrogen and oxygen atoms in total. The highest BCUT2D eigenvalue weighted by molar-refractivity contribution is 5.35. The first-order valence-electron chi connectivity index (χ1n) is 7.88. The number of aromatic nitrogens is 3. The fourth-order valence-electron chi connectivity index (χ4n) is 3.72. The van der Waals surface area contributed by atoms with Gasteiger partial charge < -0.3 is 5.73 Å². The van der Waals surface area contributed by atoms with Crippen LogP contribution in [-0.2, 0) is 12.8 Å². The monoisotopic (exact) mass is 280 g/mol. The Morgan fingerprint density at radius 1 is 0.810 bits per heavy atom. The molecule has 0 spiro atoms. The Kier molecular flexibility index (Phi) is 3.09. The second kappa shape index (κ2) is 5.10. The second-order valence-corrected chi connectivity index (χ2v) is 6.27. The van der Waals surface area contributed by atoms with E-state index in [2.05, 4.69) is 34.2 Å². The third kappa shape index (κ3) is 2.39. The first kappa shape index (κ1) is 12.7. The van der Waals surface area contributed by atoms with Crippen molar-refractivity contribution in [2.75, 3.05) is 5.73 Å². The zero-order valence-corrected chi connectivity index (χ0v) is 12.1. The van der Waals surface area contributed by atoms with Crippen LogP contribution in [0.3, 0.4) is 0 Å². The van der Waals surface area contributed by atoms with Gasteiger partial charge in [0.1, 0.15) is 11.6 Å². The van der Waals surface area contributed by atoms with Crippen LogP contribution < -0.4 is 5.73 Å². The first-order valence-corrected chi connectivity index (χ1v) is 7.88. The average Bonchev–Trinajstić information content (AvgIpc) is 3.16. The molecule has 1 fully saturated rings. The Balaban J connectivity index is 1.64. The minimum Gasteiger partial charge on any atom is -0.368 e. The lowest BCUT2D eigenvalue weighted by atomic mass is 10.0. The van der Waals surface area contributed by atoms with Gasteiger partial charge in [0, 0.05) is 11.8 Å². The summed E-state index contributed by atoms with van der Waals surface area (Å²) in [5, 5.41) is 0. The topological polar surface area (TPSA) is 64.7 Å². The van der Waals surface area contributed by atoms with Crippen molar-refractivity contribution in [3.8, 4) is 0 Å². The molecule has 0 unspecified atom stereocenters. The molecule has 1 heterocycles. The summed E-state index contributed by atoms with van der Waals surface area (Å²) in [7, 11) is 0. The standard InChI is InChI=1S/C17H20N4/c18-17-20-15(11-5-1-2-6-11)19-16(21-17)14-9-12-7-3-4-8-13(12)10-14/h3-4,7-8,11,14H,1-2,5-6,9-10H2,(H2,18,19,20,21). The lowest BCUT2D eigenvalue weighted by Gasteiger charge is -2.13. The molecule has 4 heteroatoms. The quantitative estimate of drug-likeness (QED) is 0.918. The van der Waals surface area contributed by atoms with E-state index in [0.717, 1.165) is 24.5 Å². The first-order chi connectivity index (χ1) is 10.3. The van der Waals surface area contributed by atoms with Gasteiger partial charge in [0.25, 0.3) is 0 Å². The number of nitrogens with two attached hydrogens (primary N) is 1. The van der Waals surface area contributed by atoms with E-state index in [9.17, 15) is 0 Å². The van der Waals surface area contributed by atoms with E-state index < -0.39 is 0 Å². The van der Waals surface area contributed by atoms with Gasteiger partial charge in [-0.3, -0.25) is 0 Å². The molecule has 1 aromatic heterocycles. The fourth-order valence-corrected chi connectivity index (χ4v) is 3.72. The highest BCUT2D eigenvalue weighted by Crippen LogP contribution is 2.35. The highest BCUT2D eigenvalue weighted by Gasteiger charge is 2.27. The van der Waals surface area contributed by atoms with E-state index in [-0.39, 0.29) is 0 Å². The predicted molar refractivity (Wildman–Crippen MR) is 82.0 cm³/mol. The van der Waals surface area contributed by atoms with E-state index in [4.69, 9.17) is 10.7 Å². The van der Waals surface area contributed by atoms with Crippen LogP contribution in [0.4, 0.5) is 5.95 Å². The molecule has 2 N–H and O–H groups in total. The van der Waals surface area contributed by atoms with Crippen LogP contribution in [-0.4, -0.2) is 15.0 Å². The lowest BCUT2D eigenvalue weighted by Crippen LogP contribution is -2.13. The molecule has 2 aromatic rings. The van der Waals surface area contributed by atoms with Crippen LogP contribution in [0.25, 0.3) is 0 Å². The summed E-state index contributed by atoms with van der Waals surface area (Å²) in [6.07, 6.45) is 6.97. The number of hydrogen-bond acceptors (Lipinski definition) is 4. The van der Waals surface area contributed by atoms with E-state index in [1.165, 1.54) is 36.8 Å². The predicted octanol–water partition coefficient (Wildman–Crippen LogP) is 2.99. The van der Waals surface area contributed by atoms with Crippen LogP contribution in [0.1, 0.15) is 60.3 Å². The van der Waals surface area contributed by atoms with Crippen molar-refractivity contribution in [2.45, 2.75) is 50.4 Å². The summed E-state index contributed by atoms with van der Waals surface area (Å²) in [6, 6.07) is 8.62. The molecule has 1 saturated carbocycles. The van der Waals surface area contributed by atoms with E-state index in [1.54, 1.807) is 0 Å². The van der Waals surface area contributed by atoms with Crippen LogP contribution >= 0.6 is 0 Å². The maximum atomic E-state index is 5.94. The van der Waals surface area contributed by atoms with Crippen LogP contribution in [0.2, 0.25) is 0 Å². The van der Waals surface area contributed by atoms with Crippen molar-refractivity contribution >= 4 is 5.95 Å². The maximum absolute atomic E-state index is 5.94. The summed E-state index contributed by atoms with van der Waals surface area (Å²) in [6.45, 7) is 0. The SMILES string of the molecule is Nc1nc(C2CCCC2)nc(C2Cc3ccccc3C2)n1. The summed E-state index contributed by atoms with van der Waals surface area (Å²) in [5.74, 6) is 3.04. The minimum atomic E-state index is 0.354. The second-order valence-electron chi connectivity index (χ2n) is 6.27. The number of hydrogen-bond donors (Lipinski definition) is 1. The van der Waals surface area contributed by atoms with Crippen LogP contribution in [0, 0.1) is 0 Å². The average molecular weight is 280 g/mol. The number of fused-ring (bicyclic) bond motifs is 1. The van der Waals surface area contributed by atoms with Crippen molar-refractivity contribution in [3.63, 3.8) is 0 Å². The zero-order chi connectivity index (χ0) is 14.2. The summed E-state index contributed by atoms with van der Waals surface area (Å²) < 4.78 is 0. The molecular formula is C17H20N4. The molecule has 0 saturated heterocycles. The molecule has 0 amide bonds. The van der Waals surface area contributed by atoms with Crippen LogP contribution in [0.5, 0.6) is 0 Å².